The van der Waals surface area contributed by atoms with Crippen molar-refractivity contribution in [2.24, 2.45) is 0 Å². The lowest BCUT2D eigenvalue weighted by Crippen LogP contribution is -2.46. The van der Waals surface area contributed by atoms with E-state index in [1.165, 1.54) is 0 Å². The predicted octanol–water partition coefficient (Wildman–Crippen LogP) is -2.18. The number of aliphatic hydroxyl groups is 5. The molecule has 0 aromatic heterocycles. The van der Waals surface area contributed by atoms with Crippen molar-refractivity contribution in [3.63, 3.8) is 0 Å². The van der Waals surface area contributed by atoms with Crippen LogP contribution >= 0.6 is 15.9 Å². The zero-order valence-corrected chi connectivity index (χ0v) is 7.92. The van der Waals surface area contributed by atoms with Crippen LogP contribution in [-0.2, 0) is 0 Å². The van der Waals surface area contributed by atoms with E-state index in [0.29, 0.717) is 0 Å². The first-order chi connectivity index (χ1) is 5.54. The van der Waals surface area contributed by atoms with E-state index in [1.807, 2.05) is 0 Å². The largest absolute Gasteiger partial charge is 0.394 e. The second kappa shape index (κ2) is 5.85. The molecule has 5 nitrogen and oxygen atoms in total. The average Bonchev–Trinajstić information content (AvgIpc) is 2.12. The Labute approximate surface area is 78.4 Å². The van der Waals surface area contributed by atoms with Crippen LogP contribution in [0, 0.1) is 0 Å². The van der Waals surface area contributed by atoms with Crippen molar-refractivity contribution in [3.8, 4) is 0 Å². The van der Waals surface area contributed by atoms with Gasteiger partial charge in [-0.3, -0.25) is 0 Å². The quantitative estimate of drug-likeness (QED) is 0.354. The first-order valence-electron chi connectivity index (χ1n) is 3.43. The molecule has 0 rings (SSSR count). The van der Waals surface area contributed by atoms with Crippen LogP contribution in [-0.4, -0.2) is 61.9 Å². The lowest BCUT2D eigenvalue weighted by atomic mass is 10.0. The molecule has 0 aliphatic heterocycles. The molecular formula is C6H13BrO5. The maximum atomic E-state index is 9.09. The number of rotatable bonds is 5. The Morgan fingerprint density at radius 3 is 1.67 bits per heavy atom. The molecule has 0 saturated heterocycles. The first-order valence-corrected chi connectivity index (χ1v) is 4.55. The van der Waals surface area contributed by atoms with Crippen LogP contribution in [0.5, 0.6) is 0 Å². The molecular weight excluding hydrogens is 232 g/mol. The Morgan fingerprint density at radius 1 is 0.917 bits per heavy atom. The molecule has 0 bridgehead atoms. The number of halogens is 1. The fraction of sp³-hybridized carbons (Fsp3) is 1.00. The summed E-state index contributed by atoms with van der Waals surface area (Å²) in [5, 5.41) is 44.5. The maximum absolute atomic E-state index is 9.09. The summed E-state index contributed by atoms with van der Waals surface area (Å²) in [7, 11) is 0. The minimum atomic E-state index is -1.54. The normalized spacial score (nSPS) is 21.5. The van der Waals surface area contributed by atoms with E-state index in [2.05, 4.69) is 15.9 Å². The summed E-state index contributed by atoms with van der Waals surface area (Å²) in [6.45, 7) is -0.659. The molecule has 0 heterocycles. The van der Waals surface area contributed by atoms with Gasteiger partial charge in [0.25, 0.3) is 0 Å². The zero-order chi connectivity index (χ0) is 9.72. The molecule has 0 spiro atoms. The number of alkyl halides is 1. The molecule has 0 fully saturated rings. The van der Waals surface area contributed by atoms with Gasteiger partial charge in [0.15, 0.2) is 0 Å². The van der Waals surface area contributed by atoms with Crippen LogP contribution in [0.3, 0.4) is 0 Å². The molecule has 0 aliphatic rings. The summed E-state index contributed by atoms with van der Waals surface area (Å²) in [6.07, 6.45) is -5.61. The number of hydrogen-bond acceptors (Lipinski definition) is 5. The van der Waals surface area contributed by atoms with Gasteiger partial charge in [-0.25, -0.2) is 0 Å². The molecule has 5 N–H and O–H groups in total. The van der Waals surface area contributed by atoms with Crippen molar-refractivity contribution in [3.05, 3.63) is 0 Å². The summed E-state index contributed by atoms with van der Waals surface area (Å²) in [5.41, 5.74) is 0. The lowest BCUT2D eigenvalue weighted by molar-refractivity contribution is -0.109. The van der Waals surface area contributed by atoms with Crippen LogP contribution < -0.4 is 0 Å². The Balaban J connectivity index is 3.99. The van der Waals surface area contributed by atoms with E-state index in [0.717, 1.165) is 0 Å². The van der Waals surface area contributed by atoms with E-state index >= 15 is 0 Å². The molecule has 4 atom stereocenters. The molecule has 12 heavy (non-hydrogen) atoms. The predicted molar refractivity (Wildman–Crippen MR) is 44.9 cm³/mol. The minimum absolute atomic E-state index is 0.0867. The van der Waals surface area contributed by atoms with Gasteiger partial charge in [0.2, 0.25) is 0 Å². The summed E-state index contributed by atoms with van der Waals surface area (Å²) < 4.78 is 0. The third-order valence-electron chi connectivity index (χ3n) is 1.48. The van der Waals surface area contributed by atoms with E-state index in [1.54, 1.807) is 0 Å². The smallest absolute Gasteiger partial charge is 0.111 e. The topological polar surface area (TPSA) is 101 Å². The number of aliphatic hydroxyl groups excluding tert-OH is 5. The van der Waals surface area contributed by atoms with Crippen LogP contribution in [0.15, 0.2) is 0 Å². The Kier molecular flexibility index (Phi) is 5.98. The van der Waals surface area contributed by atoms with Crippen molar-refractivity contribution >= 4 is 15.9 Å². The summed E-state index contributed by atoms with van der Waals surface area (Å²) in [4.78, 5) is 0. The van der Waals surface area contributed by atoms with Crippen molar-refractivity contribution in [1.29, 1.82) is 0 Å². The van der Waals surface area contributed by atoms with Gasteiger partial charge in [-0.2, -0.15) is 0 Å². The van der Waals surface area contributed by atoms with E-state index < -0.39 is 31.0 Å². The summed E-state index contributed by atoms with van der Waals surface area (Å²) in [5.74, 6) is 0. The second-order valence-electron chi connectivity index (χ2n) is 2.45. The Bertz CT molecular complexity index is 109. The van der Waals surface area contributed by atoms with Gasteiger partial charge >= 0.3 is 0 Å². The third kappa shape index (κ3) is 3.34. The van der Waals surface area contributed by atoms with Crippen molar-refractivity contribution in [1.82, 2.24) is 0 Å². The summed E-state index contributed by atoms with van der Waals surface area (Å²) in [6, 6.07) is 0. The van der Waals surface area contributed by atoms with Crippen LogP contribution in [0.1, 0.15) is 0 Å². The fourth-order valence-electron chi connectivity index (χ4n) is 0.654. The SMILES string of the molecule is OC[C@@H](O)[C@@H](O)[C@H](O)[C@H](O)CBr. The molecule has 6 heteroatoms. The highest BCUT2D eigenvalue weighted by molar-refractivity contribution is 9.09. The fourth-order valence-corrected chi connectivity index (χ4v) is 1.04. The molecule has 0 radical (unpaired) electrons. The Morgan fingerprint density at radius 2 is 1.33 bits per heavy atom. The number of hydrogen-bond donors (Lipinski definition) is 5. The molecule has 0 aromatic carbocycles. The molecule has 0 amide bonds. The third-order valence-corrected chi connectivity index (χ3v) is 2.15. The van der Waals surface area contributed by atoms with Gasteiger partial charge in [-0.05, 0) is 0 Å². The van der Waals surface area contributed by atoms with Gasteiger partial charge in [0.1, 0.15) is 18.3 Å². The second-order valence-corrected chi connectivity index (χ2v) is 3.10. The van der Waals surface area contributed by atoms with Gasteiger partial charge in [0.05, 0.1) is 12.7 Å². The first kappa shape index (κ1) is 12.3. The van der Waals surface area contributed by atoms with Crippen molar-refractivity contribution < 1.29 is 25.5 Å². The van der Waals surface area contributed by atoms with Gasteiger partial charge < -0.3 is 25.5 Å². The zero-order valence-electron chi connectivity index (χ0n) is 6.34. The standard InChI is InChI=1S/C6H13BrO5/c7-1-3(9)5(11)6(12)4(10)2-8/h3-6,8-12H,1-2H2/t3-,4-,5-,6-/m1/s1. The van der Waals surface area contributed by atoms with Crippen LogP contribution in [0.25, 0.3) is 0 Å². The molecule has 0 unspecified atom stereocenters. The molecule has 0 saturated carbocycles. The monoisotopic (exact) mass is 244 g/mol. The van der Waals surface area contributed by atoms with E-state index in [-0.39, 0.29) is 5.33 Å². The van der Waals surface area contributed by atoms with Gasteiger partial charge in [-0.1, -0.05) is 15.9 Å². The highest BCUT2D eigenvalue weighted by Crippen LogP contribution is 2.06. The van der Waals surface area contributed by atoms with Crippen molar-refractivity contribution in [2.45, 2.75) is 24.4 Å². The molecule has 0 aliphatic carbocycles. The maximum Gasteiger partial charge on any atom is 0.111 e. The van der Waals surface area contributed by atoms with Crippen molar-refractivity contribution in [2.75, 3.05) is 11.9 Å². The highest BCUT2D eigenvalue weighted by atomic mass is 79.9. The molecule has 0 aromatic rings. The lowest BCUT2D eigenvalue weighted by Gasteiger charge is -2.24. The minimum Gasteiger partial charge on any atom is -0.394 e. The highest BCUT2D eigenvalue weighted by Gasteiger charge is 2.29. The van der Waals surface area contributed by atoms with E-state index in [4.69, 9.17) is 25.5 Å². The van der Waals surface area contributed by atoms with Gasteiger partial charge in [0, 0.05) is 5.33 Å². The van der Waals surface area contributed by atoms with Crippen LogP contribution in [0.4, 0.5) is 0 Å². The summed E-state index contributed by atoms with van der Waals surface area (Å²) >= 11 is 2.89. The van der Waals surface area contributed by atoms with Crippen LogP contribution in [0.2, 0.25) is 0 Å². The van der Waals surface area contributed by atoms with E-state index in [9.17, 15) is 0 Å². The molecule has 74 valence electrons. The van der Waals surface area contributed by atoms with Gasteiger partial charge in [-0.15, -0.1) is 0 Å². The Hall–Kier alpha value is 0.280. The average molecular weight is 245 g/mol.